The second kappa shape index (κ2) is 14.0. The molecule has 0 aliphatic heterocycles. The summed E-state index contributed by atoms with van der Waals surface area (Å²) in [5.74, 6) is -0.181. The van der Waals surface area contributed by atoms with Crippen LogP contribution in [-0.2, 0) is 26.2 Å². The maximum absolute atomic E-state index is 14.1. The van der Waals surface area contributed by atoms with Gasteiger partial charge in [-0.05, 0) is 74.2 Å². The van der Waals surface area contributed by atoms with E-state index in [0.717, 1.165) is 27.4 Å². The minimum Gasteiger partial charge on any atom is -0.497 e. The van der Waals surface area contributed by atoms with Crippen LogP contribution in [0, 0.1) is 13.8 Å². The Morgan fingerprint density at radius 2 is 1.57 bits per heavy atom. The van der Waals surface area contributed by atoms with Crippen molar-refractivity contribution in [1.29, 1.82) is 0 Å². The Morgan fingerprint density at radius 1 is 0.925 bits per heavy atom. The molecule has 9 heteroatoms. The summed E-state index contributed by atoms with van der Waals surface area (Å²) < 4.78 is 34.2. The zero-order chi connectivity index (χ0) is 29.3. The van der Waals surface area contributed by atoms with Gasteiger partial charge < -0.3 is 15.0 Å². The first-order chi connectivity index (χ1) is 19.1. The number of rotatable bonds is 13. The van der Waals surface area contributed by atoms with Crippen molar-refractivity contribution in [3.63, 3.8) is 0 Å². The second-order valence-corrected chi connectivity index (χ2v) is 11.5. The summed E-state index contributed by atoms with van der Waals surface area (Å²) in [6.45, 7) is 7.80. The van der Waals surface area contributed by atoms with Crippen LogP contribution < -0.4 is 14.4 Å². The summed E-state index contributed by atoms with van der Waals surface area (Å²) in [6, 6.07) is 19.9. The van der Waals surface area contributed by atoms with E-state index in [4.69, 9.17) is 4.74 Å². The maximum Gasteiger partial charge on any atom is 0.264 e. The third-order valence-corrected chi connectivity index (χ3v) is 8.57. The molecule has 40 heavy (non-hydrogen) atoms. The number of anilines is 1. The van der Waals surface area contributed by atoms with Crippen LogP contribution in [0.2, 0.25) is 0 Å². The predicted octanol–water partition coefficient (Wildman–Crippen LogP) is 4.84. The van der Waals surface area contributed by atoms with Crippen molar-refractivity contribution < 1.29 is 22.7 Å². The fourth-order valence-corrected chi connectivity index (χ4v) is 5.79. The molecule has 1 N–H and O–H groups in total. The van der Waals surface area contributed by atoms with Gasteiger partial charge in [-0.25, -0.2) is 8.42 Å². The lowest BCUT2D eigenvalue weighted by atomic mass is 10.1. The van der Waals surface area contributed by atoms with Gasteiger partial charge in [-0.3, -0.25) is 13.9 Å². The summed E-state index contributed by atoms with van der Waals surface area (Å²) in [6.07, 6.45) is 1.13. The molecular weight excluding hydrogens is 526 g/mol. The molecule has 0 spiro atoms. The number of hydrogen-bond donors (Lipinski definition) is 1. The van der Waals surface area contributed by atoms with Gasteiger partial charge in [0.15, 0.2) is 0 Å². The van der Waals surface area contributed by atoms with Crippen molar-refractivity contribution in [2.24, 2.45) is 0 Å². The normalized spacial score (nSPS) is 11.9. The molecule has 0 aromatic heterocycles. The van der Waals surface area contributed by atoms with Crippen LogP contribution >= 0.6 is 0 Å². The van der Waals surface area contributed by atoms with Crippen LogP contribution in [0.4, 0.5) is 5.69 Å². The second-order valence-electron chi connectivity index (χ2n) is 9.69. The number of carbonyl (C=O) groups excluding carboxylic acids is 2. The SMILES string of the molecule is CCCNC(=O)[C@@H](CC)N(Cc1ccccc1C)C(=O)CN(c1ccc(OC)cc1)S(=O)(=O)c1ccc(C)cc1. The molecular formula is C31H39N3O5S. The Kier molecular flexibility index (Phi) is 10.7. The van der Waals surface area contributed by atoms with E-state index >= 15 is 0 Å². The van der Waals surface area contributed by atoms with E-state index in [1.165, 1.54) is 24.1 Å². The largest absolute Gasteiger partial charge is 0.497 e. The Hall–Kier alpha value is -3.85. The molecule has 3 rings (SSSR count). The number of nitrogens with one attached hydrogen (secondary N) is 1. The molecule has 0 aliphatic rings. The molecule has 0 heterocycles. The highest BCUT2D eigenvalue weighted by Crippen LogP contribution is 2.27. The van der Waals surface area contributed by atoms with Gasteiger partial charge in [-0.1, -0.05) is 55.8 Å². The van der Waals surface area contributed by atoms with Gasteiger partial charge in [-0.15, -0.1) is 0 Å². The summed E-state index contributed by atoms with van der Waals surface area (Å²) >= 11 is 0. The van der Waals surface area contributed by atoms with E-state index in [2.05, 4.69) is 5.32 Å². The number of ether oxygens (including phenoxy) is 1. The molecule has 3 aromatic rings. The summed E-state index contributed by atoms with van der Waals surface area (Å²) in [7, 11) is -2.60. The first-order valence-electron chi connectivity index (χ1n) is 13.5. The first kappa shape index (κ1) is 30.7. The third-order valence-electron chi connectivity index (χ3n) is 6.79. The molecule has 2 amide bonds. The smallest absolute Gasteiger partial charge is 0.264 e. The highest BCUT2D eigenvalue weighted by molar-refractivity contribution is 7.92. The van der Waals surface area contributed by atoms with Crippen molar-refractivity contribution in [3.8, 4) is 5.75 Å². The maximum atomic E-state index is 14.1. The summed E-state index contributed by atoms with van der Waals surface area (Å²) in [5, 5.41) is 2.90. The third kappa shape index (κ3) is 7.41. The van der Waals surface area contributed by atoms with Crippen molar-refractivity contribution in [2.45, 2.75) is 58.0 Å². The molecule has 8 nitrogen and oxygen atoms in total. The predicted molar refractivity (Wildman–Crippen MR) is 158 cm³/mol. The number of amides is 2. The summed E-state index contributed by atoms with van der Waals surface area (Å²) in [4.78, 5) is 28.8. The quantitative estimate of drug-likeness (QED) is 0.320. The van der Waals surface area contributed by atoms with Crippen LogP contribution in [0.15, 0.2) is 77.7 Å². The number of methoxy groups -OCH3 is 1. The van der Waals surface area contributed by atoms with Crippen molar-refractivity contribution in [2.75, 3.05) is 24.5 Å². The van der Waals surface area contributed by atoms with Crippen LogP contribution in [0.3, 0.4) is 0 Å². The number of sulfonamides is 1. The molecule has 0 saturated heterocycles. The van der Waals surface area contributed by atoms with Crippen molar-refractivity contribution >= 4 is 27.5 Å². The first-order valence-corrected chi connectivity index (χ1v) is 14.9. The number of benzene rings is 3. The Balaban J connectivity index is 2.06. The van der Waals surface area contributed by atoms with Crippen LogP contribution in [0.1, 0.15) is 43.4 Å². The topological polar surface area (TPSA) is 96.0 Å². The van der Waals surface area contributed by atoms with Gasteiger partial charge in [0.1, 0.15) is 18.3 Å². The standard InChI is InChI=1S/C31H39N3O5S/c1-6-20-32-31(36)29(7-2)33(21-25-11-9-8-10-24(25)4)30(35)22-34(26-14-16-27(39-5)17-15-26)40(37,38)28-18-12-23(3)13-19-28/h8-19,29H,6-7,20-22H2,1-5H3,(H,32,36)/t29-/m1/s1. The van der Waals surface area contributed by atoms with Crippen LogP contribution in [0.5, 0.6) is 5.75 Å². The lowest BCUT2D eigenvalue weighted by Crippen LogP contribution is -2.52. The molecule has 0 saturated carbocycles. The lowest BCUT2D eigenvalue weighted by Gasteiger charge is -2.33. The Morgan fingerprint density at radius 3 is 2.15 bits per heavy atom. The van der Waals surface area contributed by atoms with E-state index in [1.54, 1.807) is 36.4 Å². The molecule has 3 aromatic carbocycles. The molecule has 0 aliphatic carbocycles. The van der Waals surface area contributed by atoms with Gasteiger partial charge in [0.25, 0.3) is 10.0 Å². The fraction of sp³-hybridized carbons (Fsp3) is 0.355. The molecule has 0 radical (unpaired) electrons. The zero-order valence-corrected chi connectivity index (χ0v) is 24.7. The van der Waals surface area contributed by atoms with E-state index in [0.29, 0.717) is 24.4 Å². The molecule has 0 bridgehead atoms. The summed E-state index contributed by atoms with van der Waals surface area (Å²) in [5.41, 5.74) is 3.09. The van der Waals surface area contributed by atoms with Gasteiger partial charge in [0, 0.05) is 13.1 Å². The fourth-order valence-electron chi connectivity index (χ4n) is 4.37. The highest BCUT2D eigenvalue weighted by atomic mass is 32.2. The van der Waals surface area contributed by atoms with Gasteiger partial charge >= 0.3 is 0 Å². The van der Waals surface area contributed by atoms with E-state index in [9.17, 15) is 18.0 Å². The van der Waals surface area contributed by atoms with Crippen LogP contribution in [0.25, 0.3) is 0 Å². The minimum atomic E-state index is -4.12. The average molecular weight is 566 g/mol. The lowest BCUT2D eigenvalue weighted by molar-refractivity contribution is -0.140. The average Bonchev–Trinajstić information content (AvgIpc) is 2.95. The zero-order valence-electron chi connectivity index (χ0n) is 23.9. The van der Waals surface area contributed by atoms with E-state index < -0.39 is 28.5 Å². The number of carbonyl (C=O) groups is 2. The van der Waals surface area contributed by atoms with Crippen LogP contribution in [-0.4, -0.2) is 51.4 Å². The Bertz CT molecular complexity index is 1390. The molecule has 1 atom stereocenters. The minimum absolute atomic E-state index is 0.0694. The van der Waals surface area contributed by atoms with Gasteiger partial charge in [0.05, 0.1) is 17.7 Å². The molecule has 0 unspecified atom stereocenters. The van der Waals surface area contributed by atoms with Crippen molar-refractivity contribution in [3.05, 3.63) is 89.5 Å². The van der Waals surface area contributed by atoms with Gasteiger partial charge in [-0.2, -0.15) is 0 Å². The van der Waals surface area contributed by atoms with E-state index in [1.807, 2.05) is 52.0 Å². The van der Waals surface area contributed by atoms with E-state index in [-0.39, 0.29) is 17.3 Å². The highest BCUT2D eigenvalue weighted by Gasteiger charge is 2.33. The number of nitrogens with zero attached hydrogens (tertiary/aromatic N) is 2. The monoisotopic (exact) mass is 565 g/mol. The van der Waals surface area contributed by atoms with Gasteiger partial charge in [0.2, 0.25) is 11.8 Å². The molecule has 0 fully saturated rings. The molecule has 214 valence electrons. The number of hydrogen-bond acceptors (Lipinski definition) is 5. The number of aryl methyl sites for hydroxylation is 2. The van der Waals surface area contributed by atoms with Crippen molar-refractivity contribution in [1.82, 2.24) is 10.2 Å². The Labute approximate surface area is 238 Å².